The van der Waals surface area contributed by atoms with Crippen LogP contribution in [0.3, 0.4) is 0 Å². The van der Waals surface area contributed by atoms with Crippen LogP contribution in [0.2, 0.25) is 0 Å². The zero-order valence-electron chi connectivity index (χ0n) is 20.6. The van der Waals surface area contributed by atoms with E-state index in [1.165, 1.54) is 11.8 Å². The Morgan fingerprint density at radius 2 is 1.79 bits per heavy atom. The highest BCUT2D eigenvalue weighted by Crippen LogP contribution is 2.32. The molecule has 10 heteroatoms. The summed E-state index contributed by atoms with van der Waals surface area (Å²) in [7, 11) is 0. The van der Waals surface area contributed by atoms with Gasteiger partial charge in [0.15, 0.2) is 0 Å². The minimum absolute atomic E-state index is 0.0879. The smallest absolute Gasteiger partial charge is 0.303 e. The van der Waals surface area contributed by atoms with E-state index < -0.39 is 41.8 Å². The molecule has 3 unspecified atom stereocenters. The van der Waals surface area contributed by atoms with Crippen LogP contribution in [0, 0.1) is 0 Å². The van der Waals surface area contributed by atoms with Crippen LogP contribution < -0.4 is 20.3 Å². The van der Waals surface area contributed by atoms with E-state index in [0.29, 0.717) is 23.3 Å². The number of amides is 3. The lowest BCUT2D eigenvalue weighted by molar-refractivity contribution is -0.137. The summed E-state index contributed by atoms with van der Waals surface area (Å²) in [4.78, 5) is 63.4. The van der Waals surface area contributed by atoms with Crippen LogP contribution in [0.25, 0.3) is 10.8 Å². The van der Waals surface area contributed by atoms with Gasteiger partial charge < -0.3 is 25.3 Å². The maximum Gasteiger partial charge on any atom is 0.303 e. The average molecular weight is 518 g/mol. The number of fused-ring (bicyclic) bond motifs is 2. The van der Waals surface area contributed by atoms with Crippen molar-refractivity contribution in [1.29, 1.82) is 0 Å². The van der Waals surface area contributed by atoms with E-state index >= 15 is 0 Å². The maximum absolute atomic E-state index is 13.7. The minimum Gasteiger partial charge on any atom is -0.489 e. The average Bonchev–Trinajstić information content (AvgIpc) is 3.06. The molecule has 0 aliphatic carbocycles. The van der Waals surface area contributed by atoms with Crippen molar-refractivity contribution >= 4 is 46.4 Å². The molecule has 0 saturated heterocycles. The van der Waals surface area contributed by atoms with Gasteiger partial charge in [0, 0.05) is 12.0 Å². The molecule has 1 aliphatic heterocycles. The van der Waals surface area contributed by atoms with Crippen LogP contribution in [0.1, 0.15) is 30.1 Å². The number of nitrogens with zero attached hydrogens (tertiary/aromatic N) is 1. The number of carboxylic acids is 1. The SMILES string of the molecule is CC(C(=O)NC(C=O)CCC(=O)O)N1C(=O)C(NC(=O)c2ccc3ccccc3c2)COc2ccccc21. The number of rotatable bonds is 9. The molecular weight excluding hydrogens is 490 g/mol. The first-order valence-corrected chi connectivity index (χ1v) is 12.1. The van der Waals surface area contributed by atoms with Gasteiger partial charge in [0.2, 0.25) is 5.91 Å². The molecule has 3 aromatic rings. The van der Waals surface area contributed by atoms with Crippen LogP contribution in [0.5, 0.6) is 5.75 Å². The fourth-order valence-corrected chi connectivity index (χ4v) is 4.26. The molecule has 0 bridgehead atoms. The zero-order chi connectivity index (χ0) is 27.2. The number of carboxylic acid groups (broad SMARTS) is 1. The van der Waals surface area contributed by atoms with Crippen LogP contribution in [0.4, 0.5) is 5.69 Å². The maximum atomic E-state index is 13.7. The molecule has 3 N–H and O–H groups in total. The second-order valence-electron chi connectivity index (χ2n) is 8.93. The van der Waals surface area contributed by atoms with E-state index in [4.69, 9.17) is 9.84 Å². The van der Waals surface area contributed by atoms with Gasteiger partial charge in [0.25, 0.3) is 11.8 Å². The van der Waals surface area contributed by atoms with Crippen molar-refractivity contribution in [1.82, 2.24) is 10.6 Å². The van der Waals surface area contributed by atoms with Gasteiger partial charge in [-0.05, 0) is 48.4 Å². The molecule has 3 aromatic carbocycles. The van der Waals surface area contributed by atoms with E-state index in [2.05, 4.69) is 10.6 Å². The highest BCUT2D eigenvalue weighted by Gasteiger charge is 2.38. The Balaban J connectivity index is 1.56. The number of aliphatic carboxylic acids is 1. The molecule has 0 saturated carbocycles. The van der Waals surface area contributed by atoms with Crippen molar-refractivity contribution in [3.8, 4) is 5.75 Å². The third kappa shape index (κ3) is 5.80. The summed E-state index contributed by atoms with van der Waals surface area (Å²) in [5.41, 5.74) is 0.693. The van der Waals surface area contributed by atoms with Crippen molar-refractivity contribution < 1.29 is 33.8 Å². The van der Waals surface area contributed by atoms with Gasteiger partial charge in [0.05, 0.1) is 11.7 Å². The predicted octanol–water partition coefficient (Wildman–Crippen LogP) is 2.30. The standard InChI is InChI=1S/C28H27N3O7/c1-17(26(35)29-21(15-32)12-13-25(33)34)31-23-8-4-5-9-24(23)38-16-22(28(31)37)30-27(36)20-11-10-18-6-2-3-7-19(18)14-20/h2-11,14-15,17,21-22H,12-13,16H2,1H3,(H,29,35)(H,30,36)(H,33,34). The molecule has 3 amide bonds. The van der Waals surface area contributed by atoms with Crippen molar-refractivity contribution in [2.45, 2.75) is 37.9 Å². The fourth-order valence-electron chi connectivity index (χ4n) is 4.26. The Kier molecular flexibility index (Phi) is 8.00. The van der Waals surface area contributed by atoms with E-state index in [1.807, 2.05) is 30.3 Å². The Hall–Kier alpha value is -4.73. The second-order valence-corrected chi connectivity index (χ2v) is 8.93. The highest BCUT2D eigenvalue weighted by atomic mass is 16.5. The van der Waals surface area contributed by atoms with E-state index in [9.17, 15) is 24.0 Å². The number of hydrogen-bond acceptors (Lipinski definition) is 6. The summed E-state index contributed by atoms with van der Waals surface area (Å²) in [5, 5.41) is 15.9. The number of aldehydes is 1. The molecule has 0 spiro atoms. The summed E-state index contributed by atoms with van der Waals surface area (Å²) >= 11 is 0. The van der Waals surface area contributed by atoms with Gasteiger partial charge >= 0.3 is 5.97 Å². The molecule has 0 aromatic heterocycles. The van der Waals surface area contributed by atoms with Crippen LogP contribution in [-0.2, 0) is 19.2 Å². The fraction of sp³-hybridized carbons (Fsp3) is 0.250. The van der Waals surface area contributed by atoms with Gasteiger partial charge in [-0.25, -0.2) is 0 Å². The molecule has 38 heavy (non-hydrogen) atoms. The lowest BCUT2D eigenvalue weighted by Crippen LogP contribution is -2.56. The van der Waals surface area contributed by atoms with Crippen LogP contribution in [0.15, 0.2) is 66.7 Å². The number of ether oxygens (including phenoxy) is 1. The Bertz CT molecular complexity index is 1390. The third-order valence-electron chi connectivity index (χ3n) is 6.31. The summed E-state index contributed by atoms with van der Waals surface area (Å²) in [6, 6.07) is 16.2. The molecule has 1 heterocycles. The van der Waals surface area contributed by atoms with Gasteiger partial charge in [-0.3, -0.25) is 24.1 Å². The molecule has 0 fully saturated rings. The van der Waals surface area contributed by atoms with Gasteiger partial charge in [0.1, 0.15) is 30.7 Å². The zero-order valence-corrected chi connectivity index (χ0v) is 20.6. The lowest BCUT2D eigenvalue weighted by Gasteiger charge is -2.30. The van der Waals surface area contributed by atoms with Crippen LogP contribution in [-0.4, -0.2) is 59.8 Å². The van der Waals surface area contributed by atoms with Crippen molar-refractivity contribution in [2.24, 2.45) is 0 Å². The largest absolute Gasteiger partial charge is 0.489 e. The predicted molar refractivity (Wildman–Crippen MR) is 139 cm³/mol. The Labute approximate surface area is 218 Å². The second kappa shape index (κ2) is 11.5. The number of anilines is 1. The van der Waals surface area contributed by atoms with Crippen molar-refractivity contribution in [3.63, 3.8) is 0 Å². The minimum atomic E-state index is -1.11. The number of para-hydroxylation sites is 2. The van der Waals surface area contributed by atoms with E-state index in [-0.39, 0.29) is 19.4 Å². The first-order chi connectivity index (χ1) is 18.3. The third-order valence-corrected chi connectivity index (χ3v) is 6.31. The summed E-state index contributed by atoms with van der Waals surface area (Å²) in [6.45, 7) is 1.33. The molecule has 4 rings (SSSR count). The molecule has 196 valence electrons. The molecular formula is C28H27N3O7. The highest BCUT2D eigenvalue weighted by molar-refractivity contribution is 6.07. The van der Waals surface area contributed by atoms with Crippen LogP contribution >= 0.6 is 0 Å². The number of nitrogens with one attached hydrogen (secondary N) is 2. The molecule has 1 aliphatic rings. The molecule has 3 atom stereocenters. The summed E-state index contributed by atoms with van der Waals surface area (Å²) in [5.74, 6) is -2.45. The van der Waals surface area contributed by atoms with E-state index in [0.717, 1.165) is 10.8 Å². The number of benzene rings is 3. The monoisotopic (exact) mass is 517 g/mol. The summed E-state index contributed by atoms with van der Waals surface area (Å²) < 4.78 is 5.84. The topological polar surface area (TPSA) is 142 Å². The van der Waals surface area contributed by atoms with Crippen molar-refractivity contribution in [3.05, 3.63) is 72.3 Å². The van der Waals surface area contributed by atoms with Gasteiger partial charge in [-0.15, -0.1) is 0 Å². The number of hydrogen-bond donors (Lipinski definition) is 3. The normalized spacial score (nSPS) is 16.4. The first-order valence-electron chi connectivity index (χ1n) is 12.1. The lowest BCUT2D eigenvalue weighted by atomic mass is 10.1. The van der Waals surface area contributed by atoms with Crippen molar-refractivity contribution in [2.75, 3.05) is 11.5 Å². The van der Waals surface area contributed by atoms with Gasteiger partial charge in [-0.1, -0.05) is 42.5 Å². The van der Waals surface area contributed by atoms with Gasteiger partial charge in [-0.2, -0.15) is 0 Å². The van der Waals surface area contributed by atoms with E-state index in [1.54, 1.807) is 36.4 Å². The first kappa shape index (κ1) is 26.3. The molecule has 0 radical (unpaired) electrons. The number of carbonyl (C=O) groups is 5. The summed E-state index contributed by atoms with van der Waals surface area (Å²) in [6.07, 6.45) is 0.0666. The Morgan fingerprint density at radius 1 is 1.08 bits per heavy atom. The Morgan fingerprint density at radius 3 is 2.53 bits per heavy atom. The molecule has 10 nitrogen and oxygen atoms in total. The quantitative estimate of drug-likeness (QED) is 0.370. The number of carbonyl (C=O) groups excluding carboxylic acids is 4.